The van der Waals surface area contributed by atoms with E-state index in [9.17, 15) is 9.59 Å². The molecule has 2 heterocycles. The Morgan fingerprint density at radius 3 is 2.42 bits per heavy atom. The second kappa shape index (κ2) is 11.2. The second-order valence-electron chi connectivity index (χ2n) is 9.08. The van der Waals surface area contributed by atoms with Crippen LogP contribution in [0.4, 0.5) is 9.80 Å². The van der Waals surface area contributed by atoms with E-state index in [0.29, 0.717) is 11.7 Å². The maximum atomic E-state index is 14.0. The molecule has 33 heavy (non-hydrogen) atoms. The van der Waals surface area contributed by atoms with Gasteiger partial charge in [0.05, 0.1) is 6.61 Å². The molecule has 6 nitrogen and oxygen atoms in total. The molecule has 0 atom stereocenters. The molecule has 7 heteroatoms. The van der Waals surface area contributed by atoms with Crippen LogP contribution in [0.5, 0.6) is 5.75 Å². The summed E-state index contributed by atoms with van der Waals surface area (Å²) in [5.74, 6) is 1.28. The number of hydrogen-bond acceptors (Lipinski definition) is 6. The molecule has 4 rings (SSSR count). The van der Waals surface area contributed by atoms with E-state index in [1.165, 1.54) is 11.3 Å². The van der Waals surface area contributed by atoms with Crippen LogP contribution in [0.25, 0.3) is 10.4 Å². The molecule has 1 aliphatic carbocycles. The highest BCUT2D eigenvalue weighted by Gasteiger charge is 2.36. The van der Waals surface area contributed by atoms with Crippen LogP contribution in [0.3, 0.4) is 0 Å². The maximum Gasteiger partial charge on any atom is 0.513 e. The number of piperidine rings is 1. The van der Waals surface area contributed by atoms with Gasteiger partial charge in [-0.05, 0) is 70.0 Å². The molecule has 2 aliphatic rings. The summed E-state index contributed by atoms with van der Waals surface area (Å²) in [6.45, 7) is 6.01. The maximum absolute atomic E-state index is 14.0. The third-order valence-electron chi connectivity index (χ3n) is 6.69. The van der Waals surface area contributed by atoms with Gasteiger partial charge in [0.25, 0.3) is 0 Å². The number of nitrogens with zero attached hydrogens (tertiary/aromatic N) is 1. The Hall–Kier alpha value is -2.38. The fraction of sp³-hybridized carbons (Fsp3) is 0.538. The highest BCUT2D eigenvalue weighted by Crippen LogP contribution is 2.46. The summed E-state index contributed by atoms with van der Waals surface area (Å²) in [7, 11) is 0. The quantitative estimate of drug-likeness (QED) is 0.536. The van der Waals surface area contributed by atoms with Crippen LogP contribution in [-0.2, 0) is 9.53 Å². The number of rotatable bonds is 6. The van der Waals surface area contributed by atoms with Crippen molar-refractivity contribution < 1.29 is 19.1 Å². The molecular weight excluding hydrogens is 436 g/mol. The van der Waals surface area contributed by atoms with Crippen LogP contribution in [-0.4, -0.2) is 37.8 Å². The topological polar surface area (TPSA) is 67.9 Å². The Labute approximate surface area is 200 Å². The first-order valence-corrected chi connectivity index (χ1v) is 13.0. The number of anilines is 1. The van der Waals surface area contributed by atoms with Crippen molar-refractivity contribution in [2.75, 3.05) is 24.6 Å². The number of benzene rings is 1. The minimum Gasteiger partial charge on any atom is -0.434 e. The highest BCUT2D eigenvalue weighted by molar-refractivity contribution is 7.20. The first-order chi connectivity index (χ1) is 16.1. The van der Waals surface area contributed by atoms with Crippen LogP contribution < -0.4 is 15.0 Å². The molecule has 1 aromatic heterocycles. The zero-order valence-corrected chi connectivity index (χ0v) is 20.4. The highest BCUT2D eigenvalue weighted by atomic mass is 32.1. The summed E-state index contributed by atoms with van der Waals surface area (Å²) in [4.78, 5) is 29.2. The third kappa shape index (κ3) is 5.76. The Morgan fingerprint density at radius 2 is 1.76 bits per heavy atom. The largest absolute Gasteiger partial charge is 0.513 e. The minimum absolute atomic E-state index is 0.0220. The van der Waals surface area contributed by atoms with Crippen LogP contribution >= 0.6 is 11.3 Å². The fourth-order valence-corrected chi connectivity index (χ4v) is 5.97. The van der Waals surface area contributed by atoms with Crippen molar-refractivity contribution in [2.45, 2.75) is 58.4 Å². The van der Waals surface area contributed by atoms with Crippen molar-refractivity contribution in [3.05, 3.63) is 36.4 Å². The lowest BCUT2D eigenvalue weighted by atomic mass is 9.82. The SMILES string of the molecule is CCOC(=O)Oc1cc(-c2ccccc2)sc1N(C(=O)[C@H]1CC[C@H](C)CC1)C1CCNCC1. The van der Waals surface area contributed by atoms with E-state index in [4.69, 9.17) is 9.47 Å². The summed E-state index contributed by atoms with van der Waals surface area (Å²) < 4.78 is 10.7. The molecule has 0 spiro atoms. The van der Waals surface area contributed by atoms with Crippen molar-refractivity contribution >= 4 is 28.4 Å². The van der Waals surface area contributed by atoms with E-state index < -0.39 is 6.16 Å². The first kappa shape index (κ1) is 23.8. The van der Waals surface area contributed by atoms with Gasteiger partial charge in [-0.25, -0.2) is 4.79 Å². The molecular formula is C26H34N2O4S. The molecule has 1 amide bonds. The zero-order chi connectivity index (χ0) is 23.2. The molecule has 1 N–H and O–H groups in total. The monoisotopic (exact) mass is 470 g/mol. The van der Waals surface area contributed by atoms with Gasteiger partial charge in [0.2, 0.25) is 5.91 Å². The molecule has 0 bridgehead atoms. The summed E-state index contributed by atoms with van der Waals surface area (Å²) in [5, 5.41) is 4.12. The van der Waals surface area contributed by atoms with Crippen LogP contribution in [0.15, 0.2) is 36.4 Å². The zero-order valence-electron chi connectivity index (χ0n) is 19.5. The van der Waals surface area contributed by atoms with Gasteiger partial charge in [-0.1, -0.05) is 37.3 Å². The number of nitrogens with one attached hydrogen (secondary N) is 1. The second-order valence-corrected chi connectivity index (χ2v) is 10.1. The normalized spacial score (nSPS) is 21.4. The predicted molar refractivity (Wildman–Crippen MR) is 132 cm³/mol. The minimum atomic E-state index is -0.736. The number of hydrogen-bond donors (Lipinski definition) is 1. The van der Waals surface area contributed by atoms with Gasteiger partial charge in [-0.15, -0.1) is 11.3 Å². The van der Waals surface area contributed by atoms with Crippen molar-refractivity contribution in [1.29, 1.82) is 0 Å². The first-order valence-electron chi connectivity index (χ1n) is 12.1. The van der Waals surface area contributed by atoms with Crippen molar-refractivity contribution in [3.63, 3.8) is 0 Å². The molecule has 2 aromatic rings. The van der Waals surface area contributed by atoms with Crippen molar-refractivity contribution in [1.82, 2.24) is 5.32 Å². The Balaban J connectivity index is 1.72. The summed E-state index contributed by atoms with van der Waals surface area (Å²) >= 11 is 1.52. The lowest BCUT2D eigenvalue weighted by Crippen LogP contribution is -2.48. The van der Waals surface area contributed by atoms with Crippen LogP contribution in [0.2, 0.25) is 0 Å². The Morgan fingerprint density at radius 1 is 1.06 bits per heavy atom. The van der Waals surface area contributed by atoms with Crippen molar-refractivity contribution in [3.8, 4) is 16.2 Å². The Bertz CT molecular complexity index is 931. The smallest absolute Gasteiger partial charge is 0.434 e. The number of amides is 1. The van der Waals surface area contributed by atoms with Gasteiger partial charge in [-0.3, -0.25) is 9.69 Å². The van der Waals surface area contributed by atoms with E-state index in [2.05, 4.69) is 12.2 Å². The van der Waals surface area contributed by atoms with Gasteiger partial charge >= 0.3 is 6.16 Å². The molecule has 1 aromatic carbocycles. The molecule has 1 saturated carbocycles. The summed E-state index contributed by atoms with van der Waals surface area (Å²) in [5.41, 5.74) is 1.03. The lowest BCUT2D eigenvalue weighted by molar-refractivity contribution is -0.124. The van der Waals surface area contributed by atoms with Gasteiger partial charge in [0, 0.05) is 22.9 Å². The van der Waals surface area contributed by atoms with Gasteiger partial charge < -0.3 is 14.8 Å². The Kier molecular flexibility index (Phi) is 8.04. The summed E-state index contributed by atoms with van der Waals surface area (Å²) in [6, 6.07) is 12.0. The van der Waals surface area contributed by atoms with E-state index in [0.717, 1.165) is 67.1 Å². The average molecular weight is 471 g/mol. The van der Waals surface area contributed by atoms with Gasteiger partial charge in [-0.2, -0.15) is 0 Å². The van der Waals surface area contributed by atoms with Crippen molar-refractivity contribution in [2.24, 2.45) is 11.8 Å². The van der Waals surface area contributed by atoms with Crippen LogP contribution in [0, 0.1) is 11.8 Å². The lowest BCUT2D eigenvalue weighted by Gasteiger charge is -2.37. The molecule has 0 unspecified atom stereocenters. The number of carbonyl (C=O) groups is 2. The van der Waals surface area contributed by atoms with E-state index in [1.807, 2.05) is 41.3 Å². The average Bonchev–Trinajstić information content (AvgIpc) is 3.24. The molecule has 178 valence electrons. The number of carbonyl (C=O) groups excluding carboxylic acids is 2. The van der Waals surface area contributed by atoms with Gasteiger partial charge in [0.15, 0.2) is 5.75 Å². The van der Waals surface area contributed by atoms with Gasteiger partial charge in [0.1, 0.15) is 5.00 Å². The number of thiophene rings is 1. The third-order valence-corrected chi connectivity index (χ3v) is 7.85. The van der Waals surface area contributed by atoms with E-state index in [-0.39, 0.29) is 24.5 Å². The summed E-state index contributed by atoms with van der Waals surface area (Å²) in [6.07, 6.45) is 5.04. The van der Waals surface area contributed by atoms with Crippen LogP contribution in [0.1, 0.15) is 52.4 Å². The van der Waals surface area contributed by atoms with E-state index >= 15 is 0 Å². The fourth-order valence-electron chi connectivity index (χ4n) is 4.80. The molecule has 0 radical (unpaired) electrons. The number of ether oxygens (including phenoxy) is 2. The predicted octanol–water partition coefficient (Wildman–Crippen LogP) is 5.86. The standard InChI is InChI=1S/C26H34N2O4S/c1-3-31-26(30)32-22-17-23(19-7-5-4-6-8-19)33-25(22)28(21-13-15-27-16-14-21)24(29)20-11-9-18(2)10-12-20/h4-8,17-18,20-21,27H,3,9-16H2,1-2H3/t18-,20-. The molecule has 1 aliphatic heterocycles. The molecule has 1 saturated heterocycles. The van der Waals surface area contributed by atoms with E-state index in [1.54, 1.807) is 6.92 Å². The molecule has 2 fully saturated rings.